The molecule has 0 aliphatic carbocycles. The molecule has 1 aromatic heterocycles. The van der Waals surface area contributed by atoms with Crippen LogP contribution >= 0.6 is 0 Å². The van der Waals surface area contributed by atoms with E-state index in [4.69, 9.17) is 0 Å². The van der Waals surface area contributed by atoms with Crippen molar-refractivity contribution in [3.63, 3.8) is 0 Å². The van der Waals surface area contributed by atoms with Crippen LogP contribution in [0.2, 0.25) is 0 Å². The molecule has 0 atom stereocenters. The van der Waals surface area contributed by atoms with Crippen molar-refractivity contribution in [1.82, 2.24) is 4.57 Å². The lowest BCUT2D eigenvalue weighted by Gasteiger charge is -2.15. The zero-order valence-corrected chi connectivity index (χ0v) is 18.1. The highest BCUT2D eigenvalue weighted by molar-refractivity contribution is 7.90. The van der Waals surface area contributed by atoms with Gasteiger partial charge in [-0.25, -0.2) is 21.6 Å². The van der Waals surface area contributed by atoms with E-state index in [1.165, 1.54) is 10.6 Å². The first kappa shape index (κ1) is 22.0. The number of aromatic nitrogens is 1. The molecule has 0 N–H and O–H groups in total. The van der Waals surface area contributed by atoms with Crippen LogP contribution in [0, 0.1) is 17.5 Å². The van der Waals surface area contributed by atoms with E-state index in [-0.39, 0.29) is 29.3 Å². The molecule has 166 valence electrons. The number of hydrogen-bond donors (Lipinski definition) is 0. The lowest BCUT2D eigenvalue weighted by atomic mass is 9.91. The topological polar surface area (TPSA) is 68.5 Å². The molecule has 0 spiro atoms. The summed E-state index contributed by atoms with van der Waals surface area (Å²) in [5.74, 6) is -3.50. The summed E-state index contributed by atoms with van der Waals surface area (Å²) in [6.07, 6.45) is 1.59. The molecule has 4 rings (SSSR count). The Balaban J connectivity index is 2.01. The van der Waals surface area contributed by atoms with Crippen molar-refractivity contribution >= 4 is 15.5 Å². The van der Waals surface area contributed by atoms with Crippen molar-refractivity contribution in [3.05, 3.63) is 92.7 Å². The Hall–Kier alpha value is -3.20. The predicted molar refractivity (Wildman–Crippen MR) is 116 cm³/mol. The first-order valence-corrected chi connectivity index (χ1v) is 11.6. The number of nitrogens with zero attached hydrogens (tertiary/aromatic N) is 2. The van der Waals surface area contributed by atoms with Crippen LogP contribution in [0.1, 0.15) is 29.2 Å². The number of hydrogen-bond acceptors (Lipinski definition) is 4. The third kappa shape index (κ3) is 4.00. The van der Waals surface area contributed by atoms with Crippen LogP contribution in [0.25, 0.3) is 11.1 Å². The molecule has 0 saturated carbocycles. The fraction of sp³-hybridized carbons (Fsp3) is 0.217. The Morgan fingerprint density at radius 2 is 1.69 bits per heavy atom. The number of fused-ring (bicyclic) bond motifs is 3. The van der Waals surface area contributed by atoms with Gasteiger partial charge in [0.2, 0.25) is 0 Å². The zero-order chi connectivity index (χ0) is 23.2. The molecule has 0 saturated heterocycles. The molecule has 0 fully saturated rings. The molecule has 1 aliphatic heterocycles. The summed E-state index contributed by atoms with van der Waals surface area (Å²) in [6, 6.07) is 7.29. The standard InChI is InChI=1S/C23H19F3N2O3S/c1-3-32(30,31)12-13-4-5-16-17(6-13)18-11-28(2)21(29)7-14(18)10-27-23(16)22-19(25)8-15(24)9-20(22)26/h4-9,11H,3,10,12H2,1-2H3. The molecular formula is C23H19F3N2O3S. The second-order valence-corrected chi connectivity index (χ2v) is 9.98. The van der Waals surface area contributed by atoms with E-state index in [2.05, 4.69) is 4.99 Å². The Kier molecular flexibility index (Phi) is 5.54. The molecule has 5 nitrogen and oxygen atoms in total. The van der Waals surface area contributed by atoms with E-state index in [0.717, 1.165) is 0 Å². The van der Waals surface area contributed by atoms with Crippen LogP contribution < -0.4 is 5.56 Å². The van der Waals surface area contributed by atoms with Crippen molar-refractivity contribution < 1.29 is 21.6 Å². The fourth-order valence-corrected chi connectivity index (χ4v) is 4.63. The van der Waals surface area contributed by atoms with Gasteiger partial charge in [-0.3, -0.25) is 9.79 Å². The van der Waals surface area contributed by atoms with Gasteiger partial charge >= 0.3 is 0 Å². The molecular weight excluding hydrogens is 441 g/mol. The van der Waals surface area contributed by atoms with Gasteiger partial charge in [-0.15, -0.1) is 0 Å². The van der Waals surface area contributed by atoms with Crippen LogP contribution in [-0.2, 0) is 29.2 Å². The minimum Gasteiger partial charge on any atom is -0.318 e. The molecule has 1 aliphatic rings. The fourth-order valence-electron chi connectivity index (χ4n) is 3.74. The summed E-state index contributed by atoms with van der Waals surface area (Å²) in [5, 5.41) is 0. The number of rotatable bonds is 4. The maximum atomic E-state index is 14.6. The Labute approximate surface area is 182 Å². The van der Waals surface area contributed by atoms with Gasteiger partial charge in [-0.1, -0.05) is 19.1 Å². The summed E-state index contributed by atoms with van der Waals surface area (Å²) < 4.78 is 68.4. The number of halogens is 3. The SMILES string of the molecule is CCS(=O)(=O)Cc1ccc2c(c1)-c1cn(C)c(=O)cc1CN=C2c1c(F)cc(F)cc1F. The van der Waals surface area contributed by atoms with Gasteiger partial charge in [0.1, 0.15) is 17.5 Å². The molecule has 0 radical (unpaired) electrons. The molecule has 2 aromatic carbocycles. The van der Waals surface area contributed by atoms with E-state index in [1.807, 2.05) is 0 Å². The van der Waals surface area contributed by atoms with Gasteiger partial charge in [-0.05, 0) is 22.8 Å². The maximum absolute atomic E-state index is 14.6. The van der Waals surface area contributed by atoms with Crippen molar-refractivity contribution in [2.75, 3.05) is 5.75 Å². The predicted octanol–water partition coefficient (Wildman–Crippen LogP) is 3.76. The van der Waals surface area contributed by atoms with Gasteiger partial charge < -0.3 is 4.57 Å². The smallest absolute Gasteiger partial charge is 0.250 e. The summed E-state index contributed by atoms with van der Waals surface area (Å²) in [6.45, 7) is 1.52. The van der Waals surface area contributed by atoms with Gasteiger partial charge in [0.05, 0.1) is 23.6 Å². The molecule has 0 amide bonds. The van der Waals surface area contributed by atoms with E-state index < -0.39 is 32.9 Å². The van der Waals surface area contributed by atoms with Crippen molar-refractivity contribution in [1.29, 1.82) is 0 Å². The maximum Gasteiger partial charge on any atom is 0.250 e. The number of aryl methyl sites for hydroxylation is 1. The average molecular weight is 460 g/mol. The Morgan fingerprint density at radius 3 is 2.34 bits per heavy atom. The number of benzene rings is 2. The minimum absolute atomic E-state index is 0.0335. The largest absolute Gasteiger partial charge is 0.318 e. The first-order valence-electron chi connectivity index (χ1n) is 9.82. The van der Waals surface area contributed by atoms with Crippen LogP contribution in [0.3, 0.4) is 0 Å². The number of aliphatic imine (C=N–C) groups is 1. The molecule has 2 heterocycles. The second-order valence-electron chi connectivity index (χ2n) is 7.63. The van der Waals surface area contributed by atoms with E-state index in [0.29, 0.717) is 39.9 Å². The lowest BCUT2D eigenvalue weighted by molar-refractivity contribution is 0.540. The van der Waals surface area contributed by atoms with Gasteiger partial charge in [0.15, 0.2) is 9.84 Å². The molecule has 3 aromatic rings. The monoisotopic (exact) mass is 460 g/mol. The van der Waals surface area contributed by atoms with Crippen LogP contribution in [0.4, 0.5) is 13.2 Å². The normalized spacial score (nSPS) is 13.2. The zero-order valence-electron chi connectivity index (χ0n) is 17.3. The van der Waals surface area contributed by atoms with Gasteiger partial charge in [0.25, 0.3) is 5.56 Å². The van der Waals surface area contributed by atoms with Crippen LogP contribution in [0.15, 0.2) is 52.4 Å². The summed E-state index contributed by atoms with van der Waals surface area (Å²) in [4.78, 5) is 16.5. The second kappa shape index (κ2) is 8.05. The molecule has 0 unspecified atom stereocenters. The Morgan fingerprint density at radius 1 is 1.00 bits per heavy atom. The lowest BCUT2D eigenvalue weighted by Crippen LogP contribution is -2.16. The first-order chi connectivity index (χ1) is 15.1. The van der Waals surface area contributed by atoms with Gasteiger partial charge in [0, 0.05) is 48.3 Å². The highest BCUT2D eigenvalue weighted by Crippen LogP contribution is 2.34. The minimum atomic E-state index is -3.33. The highest BCUT2D eigenvalue weighted by atomic mass is 32.2. The van der Waals surface area contributed by atoms with Crippen molar-refractivity contribution in [3.8, 4) is 11.1 Å². The van der Waals surface area contributed by atoms with Gasteiger partial charge in [-0.2, -0.15) is 0 Å². The highest BCUT2D eigenvalue weighted by Gasteiger charge is 2.25. The summed E-state index contributed by atoms with van der Waals surface area (Å²) in [7, 11) is -1.76. The van der Waals surface area contributed by atoms with Crippen molar-refractivity contribution in [2.24, 2.45) is 12.0 Å². The quantitative estimate of drug-likeness (QED) is 0.596. The third-order valence-corrected chi connectivity index (χ3v) is 7.07. The molecule has 32 heavy (non-hydrogen) atoms. The Bertz CT molecular complexity index is 1420. The van der Waals surface area contributed by atoms with E-state index in [1.54, 1.807) is 38.4 Å². The molecule has 0 bridgehead atoms. The third-order valence-electron chi connectivity index (χ3n) is 5.42. The number of sulfone groups is 1. The van der Waals surface area contributed by atoms with Crippen LogP contribution in [-0.4, -0.2) is 24.4 Å². The van der Waals surface area contributed by atoms with Crippen molar-refractivity contribution in [2.45, 2.75) is 19.2 Å². The molecule has 9 heteroatoms. The van der Waals surface area contributed by atoms with E-state index in [9.17, 15) is 26.4 Å². The average Bonchev–Trinajstić information content (AvgIpc) is 2.85. The van der Waals surface area contributed by atoms with Crippen LogP contribution in [0.5, 0.6) is 0 Å². The van der Waals surface area contributed by atoms with E-state index >= 15 is 0 Å². The summed E-state index contributed by atoms with van der Waals surface area (Å²) in [5.41, 5.74) is 1.65. The number of pyridine rings is 1. The summed E-state index contributed by atoms with van der Waals surface area (Å²) >= 11 is 0.